The maximum atomic E-state index is 6.05. The molecule has 0 aliphatic carbocycles. The van der Waals surface area contributed by atoms with Crippen molar-refractivity contribution in [3.8, 4) is 5.75 Å². The SMILES string of the molecule is Cn1cc(CN2CC2COc2cccc3ccccc23)cn1. The highest BCUT2D eigenvalue weighted by Gasteiger charge is 2.34. The van der Waals surface area contributed by atoms with Gasteiger partial charge in [0.15, 0.2) is 0 Å². The first kappa shape index (κ1) is 13.3. The molecule has 22 heavy (non-hydrogen) atoms. The van der Waals surface area contributed by atoms with Crippen molar-refractivity contribution in [2.75, 3.05) is 13.2 Å². The number of fused-ring (bicyclic) bond motifs is 1. The van der Waals surface area contributed by atoms with E-state index in [0.29, 0.717) is 6.04 Å². The van der Waals surface area contributed by atoms with E-state index in [9.17, 15) is 0 Å². The molecular formula is C18H19N3O. The van der Waals surface area contributed by atoms with E-state index in [1.165, 1.54) is 16.3 Å². The van der Waals surface area contributed by atoms with E-state index in [0.717, 1.165) is 25.4 Å². The zero-order chi connectivity index (χ0) is 14.9. The molecule has 0 spiro atoms. The van der Waals surface area contributed by atoms with Crippen molar-refractivity contribution in [3.05, 3.63) is 60.4 Å². The Morgan fingerprint density at radius 3 is 2.91 bits per heavy atom. The summed E-state index contributed by atoms with van der Waals surface area (Å²) in [5.41, 5.74) is 1.26. The van der Waals surface area contributed by atoms with Crippen LogP contribution in [0.1, 0.15) is 5.56 Å². The summed E-state index contributed by atoms with van der Waals surface area (Å²) in [4.78, 5) is 2.40. The Morgan fingerprint density at radius 1 is 1.18 bits per heavy atom. The van der Waals surface area contributed by atoms with Crippen molar-refractivity contribution in [1.29, 1.82) is 0 Å². The number of ether oxygens (including phenoxy) is 1. The Kier molecular flexibility index (Phi) is 3.31. The van der Waals surface area contributed by atoms with Crippen LogP contribution in [0.4, 0.5) is 0 Å². The summed E-state index contributed by atoms with van der Waals surface area (Å²) in [5.74, 6) is 0.978. The second-order valence-corrected chi connectivity index (χ2v) is 5.89. The summed E-state index contributed by atoms with van der Waals surface area (Å²) in [5, 5.41) is 6.62. The molecule has 2 aromatic carbocycles. The third-order valence-electron chi connectivity index (χ3n) is 4.15. The van der Waals surface area contributed by atoms with Gasteiger partial charge < -0.3 is 4.74 Å². The lowest BCUT2D eigenvalue weighted by molar-refractivity contribution is 0.296. The van der Waals surface area contributed by atoms with Gasteiger partial charge in [-0.2, -0.15) is 5.10 Å². The van der Waals surface area contributed by atoms with Gasteiger partial charge in [0.2, 0.25) is 0 Å². The fourth-order valence-electron chi connectivity index (χ4n) is 2.87. The first-order valence-electron chi connectivity index (χ1n) is 7.62. The molecule has 2 unspecified atom stereocenters. The van der Waals surface area contributed by atoms with Crippen LogP contribution in [0.15, 0.2) is 54.9 Å². The molecule has 1 aromatic heterocycles. The lowest BCUT2D eigenvalue weighted by Gasteiger charge is -2.09. The molecule has 4 heteroatoms. The zero-order valence-electron chi connectivity index (χ0n) is 12.6. The molecule has 2 atom stereocenters. The first-order chi connectivity index (χ1) is 10.8. The van der Waals surface area contributed by atoms with Gasteiger partial charge in [0.05, 0.1) is 12.2 Å². The topological polar surface area (TPSA) is 30.1 Å². The maximum absolute atomic E-state index is 6.05. The van der Waals surface area contributed by atoms with E-state index >= 15 is 0 Å². The van der Waals surface area contributed by atoms with Crippen LogP contribution >= 0.6 is 0 Å². The summed E-state index contributed by atoms with van der Waals surface area (Å²) in [6, 6.07) is 15.1. The van der Waals surface area contributed by atoms with Crippen molar-refractivity contribution in [1.82, 2.24) is 14.7 Å². The Morgan fingerprint density at radius 2 is 2.05 bits per heavy atom. The molecule has 0 saturated carbocycles. The van der Waals surface area contributed by atoms with Crippen molar-refractivity contribution >= 4 is 10.8 Å². The van der Waals surface area contributed by atoms with E-state index in [1.807, 2.05) is 17.9 Å². The predicted octanol–water partition coefficient (Wildman–Crippen LogP) is 2.84. The van der Waals surface area contributed by atoms with Gasteiger partial charge >= 0.3 is 0 Å². The smallest absolute Gasteiger partial charge is 0.127 e. The van der Waals surface area contributed by atoms with Gasteiger partial charge in [-0.1, -0.05) is 36.4 Å². The minimum absolute atomic E-state index is 0.513. The number of rotatable bonds is 5. The predicted molar refractivity (Wildman–Crippen MR) is 86.8 cm³/mol. The van der Waals surface area contributed by atoms with Crippen LogP contribution in [0, 0.1) is 0 Å². The standard InChI is InChI=1S/C18H19N3O/c1-20-10-14(9-19-20)11-21-12-16(21)13-22-18-8-4-6-15-5-2-3-7-17(15)18/h2-10,16H,11-13H2,1H3. The average molecular weight is 293 g/mol. The summed E-state index contributed by atoms with van der Waals surface area (Å²) >= 11 is 0. The van der Waals surface area contributed by atoms with E-state index in [2.05, 4.69) is 58.7 Å². The molecule has 0 amide bonds. The van der Waals surface area contributed by atoms with Crippen LogP contribution in [0.3, 0.4) is 0 Å². The molecule has 1 aliphatic heterocycles. The van der Waals surface area contributed by atoms with Crippen LogP contribution < -0.4 is 4.74 Å². The van der Waals surface area contributed by atoms with E-state index in [1.54, 1.807) is 0 Å². The molecule has 0 radical (unpaired) electrons. The number of aryl methyl sites for hydroxylation is 1. The largest absolute Gasteiger partial charge is 0.491 e. The van der Waals surface area contributed by atoms with Gasteiger partial charge in [-0.25, -0.2) is 0 Å². The van der Waals surface area contributed by atoms with Crippen LogP contribution in [0.25, 0.3) is 10.8 Å². The Hall–Kier alpha value is -2.33. The van der Waals surface area contributed by atoms with Gasteiger partial charge in [-0.05, 0) is 11.5 Å². The molecule has 0 bridgehead atoms. The molecule has 4 rings (SSSR count). The van der Waals surface area contributed by atoms with Crippen molar-refractivity contribution in [3.63, 3.8) is 0 Å². The Balaban J connectivity index is 1.37. The van der Waals surface area contributed by atoms with Crippen molar-refractivity contribution < 1.29 is 4.74 Å². The van der Waals surface area contributed by atoms with E-state index in [-0.39, 0.29) is 0 Å². The van der Waals surface area contributed by atoms with E-state index < -0.39 is 0 Å². The number of benzene rings is 2. The maximum Gasteiger partial charge on any atom is 0.127 e. The second kappa shape index (κ2) is 5.46. The second-order valence-electron chi connectivity index (χ2n) is 5.89. The molecule has 0 N–H and O–H groups in total. The van der Waals surface area contributed by atoms with Crippen molar-refractivity contribution in [2.45, 2.75) is 12.6 Å². The summed E-state index contributed by atoms with van der Waals surface area (Å²) < 4.78 is 7.90. The van der Waals surface area contributed by atoms with Crippen LogP contribution in [0.2, 0.25) is 0 Å². The van der Waals surface area contributed by atoms with Crippen LogP contribution in [-0.2, 0) is 13.6 Å². The van der Waals surface area contributed by atoms with E-state index in [4.69, 9.17) is 4.74 Å². The highest BCUT2D eigenvalue weighted by atomic mass is 16.5. The molecular weight excluding hydrogens is 274 g/mol. The van der Waals surface area contributed by atoms with Crippen LogP contribution in [0.5, 0.6) is 5.75 Å². The summed E-state index contributed by atoms with van der Waals surface area (Å²) in [6.07, 6.45) is 4.00. The lowest BCUT2D eigenvalue weighted by Crippen LogP contribution is -2.10. The lowest BCUT2D eigenvalue weighted by atomic mass is 10.1. The summed E-state index contributed by atoms with van der Waals surface area (Å²) in [6.45, 7) is 2.80. The fourth-order valence-corrected chi connectivity index (χ4v) is 2.87. The zero-order valence-corrected chi connectivity index (χ0v) is 12.6. The number of nitrogens with zero attached hydrogens (tertiary/aromatic N) is 3. The quantitative estimate of drug-likeness (QED) is 0.678. The summed E-state index contributed by atoms with van der Waals surface area (Å²) in [7, 11) is 1.95. The van der Waals surface area contributed by atoms with Crippen LogP contribution in [-0.4, -0.2) is 33.9 Å². The third kappa shape index (κ3) is 2.70. The number of aromatic nitrogens is 2. The normalized spacial score (nSPS) is 20.2. The highest BCUT2D eigenvalue weighted by molar-refractivity contribution is 5.88. The van der Waals surface area contributed by atoms with Gasteiger partial charge in [-0.15, -0.1) is 0 Å². The molecule has 1 aliphatic rings. The number of hydrogen-bond donors (Lipinski definition) is 0. The molecule has 3 aromatic rings. The Labute approximate surface area is 129 Å². The third-order valence-corrected chi connectivity index (χ3v) is 4.15. The average Bonchev–Trinajstić information content (AvgIpc) is 3.15. The highest BCUT2D eigenvalue weighted by Crippen LogP contribution is 2.27. The van der Waals surface area contributed by atoms with Gasteiger partial charge in [0, 0.05) is 37.3 Å². The molecule has 4 nitrogen and oxygen atoms in total. The minimum atomic E-state index is 0.513. The molecule has 112 valence electrons. The molecule has 1 fully saturated rings. The van der Waals surface area contributed by atoms with Crippen molar-refractivity contribution in [2.24, 2.45) is 7.05 Å². The monoisotopic (exact) mass is 293 g/mol. The minimum Gasteiger partial charge on any atom is -0.491 e. The Bertz CT molecular complexity index is 790. The van der Waals surface area contributed by atoms with Gasteiger partial charge in [-0.3, -0.25) is 9.58 Å². The fraction of sp³-hybridized carbons (Fsp3) is 0.278. The van der Waals surface area contributed by atoms with Gasteiger partial charge in [0.1, 0.15) is 12.4 Å². The molecule has 1 saturated heterocycles. The first-order valence-corrected chi connectivity index (χ1v) is 7.62. The van der Waals surface area contributed by atoms with Gasteiger partial charge in [0.25, 0.3) is 0 Å². The molecule has 2 heterocycles. The number of hydrogen-bond acceptors (Lipinski definition) is 3.